The largest absolute Gasteiger partial charge is 0.497 e. The van der Waals surface area contributed by atoms with Gasteiger partial charge in [0.15, 0.2) is 0 Å². The first-order valence-corrected chi connectivity index (χ1v) is 9.60. The summed E-state index contributed by atoms with van der Waals surface area (Å²) in [4.78, 5) is 11.6. The highest BCUT2D eigenvalue weighted by molar-refractivity contribution is 7.87. The van der Waals surface area contributed by atoms with Gasteiger partial charge in [0.05, 0.1) is 13.5 Å². The molecule has 0 atom stereocenters. The zero-order chi connectivity index (χ0) is 19.6. The van der Waals surface area contributed by atoms with E-state index in [0.717, 1.165) is 10.9 Å². The lowest BCUT2D eigenvalue weighted by Crippen LogP contribution is -2.16. The minimum absolute atomic E-state index is 0.0314. The van der Waals surface area contributed by atoms with Crippen LogP contribution in [0.25, 0.3) is 10.8 Å². The van der Waals surface area contributed by atoms with Crippen molar-refractivity contribution in [1.29, 1.82) is 0 Å². The molecule has 0 bridgehead atoms. The van der Waals surface area contributed by atoms with E-state index in [9.17, 15) is 13.2 Å². The standard InChI is InChI=1S/C20H19NO5S/c1-13-3-8-16(9-4-13)27(23,24)26-19-10-6-14-5-7-15(25-2)11-17(14)18(19)12-20(21)22/h3-11H,12H2,1-2H3,(H2,21,22). The number of primary amides is 1. The van der Waals surface area contributed by atoms with Crippen molar-refractivity contribution in [2.45, 2.75) is 18.2 Å². The Labute approximate surface area is 157 Å². The summed E-state index contributed by atoms with van der Waals surface area (Å²) in [6, 6.07) is 14.9. The molecule has 0 radical (unpaired) electrons. The SMILES string of the molecule is COc1ccc2ccc(OS(=O)(=O)c3ccc(C)cc3)c(CC(N)=O)c2c1. The summed E-state index contributed by atoms with van der Waals surface area (Å²) in [7, 11) is -2.53. The fraction of sp³-hybridized carbons (Fsp3) is 0.150. The van der Waals surface area contributed by atoms with Crippen molar-refractivity contribution in [3.8, 4) is 11.5 Å². The molecular weight excluding hydrogens is 366 g/mol. The second-order valence-corrected chi connectivity index (χ2v) is 7.67. The first-order valence-electron chi connectivity index (χ1n) is 8.19. The third-order valence-corrected chi connectivity index (χ3v) is 5.41. The van der Waals surface area contributed by atoms with Crippen LogP contribution in [0, 0.1) is 6.92 Å². The molecule has 140 valence electrons. The first kappa shape index (κ1) is 18.7. The van der Waals surface area contributed by atoms with Crippen molar-refractivity contribution < 1.29 is 22.1 Å². The van der Waals surface area contributed by atoms with E-state index in [2.05, 4.69) is 0 Å². The molecule has 0 saturated carbocycles. The number of ether oxygens (including phenoxy) is 1. The van der Waals surface area contributed by atoms with E-state index in [1.54, 1.807) is 30.3 Å². The van der Waals surface area contributed by atoms with Crippen LogP contribution in [0.2, 0.25) is 0 Å². The van der Waals surface area contributed by atoms with Gasteiger partial charge < -0.3 is 14.7 Å². The number of amides is 1. The summed E-state index contributed by atoms with van der Waals surface area (Å²) in [5.41, 5.74) is 6.70. The van der Waals surface area contributed by atoms with Gasteiger partial charge in [-0.15, -0.1) is 0 Å². The molecule has 0 aliphatic carbocycles. The van der Waals surface area contributed by atoms with Crippen LogP contribution in [0.5, 0.6) is 11.5 Å². The lowest BCUT2D eigenvalue weighted by atomic mass is 10.0. The maximum atomic E-state index is 12.6. The van der Waals surface area contributed by atoms with Gasteiger partial charge in [0, 0.05) is 5.56 Å². The summed E-state index contributed by atoms with van der Waals surface area (Å²) in [6.07, 6.45) is -0.163. The fourth-order valence-corrected chi connectivity index (χ4v) is 3.73. The summed E-state index contributed by atoms with van der Waals surface area (Å²) < 4.78 is 35.9. The van der Waals surface area contributed by atoms with Crippen molar-refractivity contribution in [3.05, 3.63) is 65.7 Å². The molecule has 27 heavy (non-hydrogen) atoms. The van der Waals surface area contributed by atoms with E-state index in [0.29, 0.717) is 16.7 Å². The van der Waals surface area contributed by atoms with Gasteiger partial charge in [-0.1, -0.05) is 29.8 Å². The molecule has 2 N–H and O–H groups in total. The van der Waals surface area contributed by atoms with Crippen molar-refractivity contribution in [2.24, 2.45) is 5.73 Å². The highest BCUT2D eigenvalue weighted by Crippen LogP contribution is 2.33. The number of nitrogens with two attached hydrogens (primary N) is 1. The van der Waals surface area contributed by atoms with E-state index < -0.39 is 16.0 Å². The van der Waals surface area contributed by atoms with Gasteiger partial charge >= 0.3 is 10.1 Å². The van der Waals surface area contributed by atoms with Crippen LogP contribution in [0.15, 0.2) is 59.5 Å². The molecule has 0 spiro atoms. The smallest absolute Gasteiger partial charge is 0.339 e. The van der Waals surface area contributed by atoms with Crippen molar-refractivity contribution in [2.75, 3.05) is 7.11 Å². The van der Waals surface area contributed by atoms with Gasteiger partial charge in [-0.05, 0) is 48.0 Å². The lowest BCUT2D eigenvalue weighted by molar-refractivity contribution is -0.117. The van der Waals surface area contributed by atoms with Crippen molar-refractivity contribution in [1.82, 2.24) is 0 Å². The monoisotopic (exact) mass is 385 g/mol. The Balaban J connectivity index is 2.12. The Kier molecular flexibility index (Phi) is 5.05. The average Bonchev–Trinajstić information content (AvgIpc) is 2.63. The van der Waals surface area contributed by atoms with Crippen LogP contribution < -0.4 is 14.7 Å². The van der Waals surface area contributed by atoms with Crippen LogP contribution in [0.4, 0.5) is 0 Å². The van der Waals surface area contributed by atoms with Gasteiger partial charge in [-0.3, -0.25) is 4.79 Å². The van der Waals surface area contributed by atoms with Crippen LogP contribution in [-0.2, 0) is 21.3 Å². The summed E-state index contributed by atoms with van der Waals surface area (Å²) >= 11 is 0. The summed E-state index contributed by atoms with van der Waals surface area (Å²) in [5.74, 6) is 0.0461. The molecule has 0 aromatic heterocycles. The van der Waals surface area contributed by atoms with Gasteiger partial charge in [-0.2, -0.15) is 8.42 Å². The zero-order valence-electron chi connectivity index (χ0n) is 14.9. The Bertz CT molecular complexity index is 1110. The zero-order valence-corrected chi connectivity index (χ0v) is 15.7. The van der Waals surface area contributed by atoms with Crippen LogP contribution in [0.3, 0.4) is 0 Å². The summed E-state index contributed by atoms with van der Waals surface area (Å²) in [6.45, 7) is 1.86. The average molecular weight is 385 g/mol. The Hall–Kier alpha value is -3.06. The second-order valence-electron chi connectivity index (χ2n) is 6.12. The Morgan fingerprint density at radius 3 is 2.33 bits per heavy atom. The van der Waals surface area contributed by atoms with E-state index in [-0.39, 0.29) is 17.1 Å². The van der Waals surface area contributed by atoms with Crippen LogP contribution in [0.1, 0.15) is 11.1 Å². The van der Waals surface area contributed by atoms with E-state index in [4.69, 9.17) is 14.7 Å². The molecule has 0 aliphatic rings. The van der Waals surface area contributed by atoms with Gasteiger partial charge in [0.2, 0.25) is 5.91 Å². The number of hydrogen-bond donors (Lipinski definition) is 1. The third-order valence-electron chi connectivity index (χ3n) is 4.16. The molecular formula is C20H19NO5S. The summed E-state index contributed by atoms with van der Waals surface area (Å²) in [5, 5.41) is 1.46. The quantitative estimate of drug-likeness (QED) is 0.658. The molecule has 0 fully saturated rings. The molecule has 3 rings (SSSR count). The van der Waals surface area contributed by atoms with Gasteiger partial charge in [-0.25, -0.2) is 0 Å². The molecule has 0 saturated heterocycles. The van der Waals surface area contributed by atoms with Gasteiger partial charge in [0.1, 0.15) is 16.4 Å². The lowest BCUT2D eigenvalue weighted by Gasteiger charge is -2.14. The molecule has 1 amide bonds. The predicted octanol–water partition coefficient (Wildman–Crippen LogP) is 2.95. The number of carbonyl (C=O) groups is 1. The molecule has 7 heteroatoms. The molecule has 3 aromatic carbocycles. The maximum absolute atomic E-state index is 12.6. The van der Waals surface area contributed by atoms with E-state index >= 15 is 0 Å². The van der Waals surface area contributed by atoms with Gasteiger partial charge in [0.25, 0.3) is 0 Å². The number of benzene rings is 3. The normalized spacial score (nSPS) is 11.3. The highest BCUT2D eigenvalue weighted by atomic mass is 32.2. The minimum atomic E-state index is -4.06. The van der Waals surface area contributed by atoms with Crippen molar-refractivity contribution in [3.63, 3.8) is 0 Å². The van der Waals surface area contributed by atoms with Crippen LogP contribution in [-0.4, -0.2) is 21.4 Å². The predicted molar refractivity (Wildman–Crippen MR) is 102 cm³/mol. The second kappa shape index (κ2) is 7.28. The number of fused-ring (bicyclic) bond motifs is 1. The number of rotatable bonds is 6. The maximum Gasteiger partial charge on any atom is 0.339 e. The highest BCUT2D eigenvalue weighted by Gasteiger charge is 2.21. The fourth-order valence-electron chi connectivity index (χ4n) is 2.77. The minimum Gasteiger partial charge on any atom is -0.497 e. The third kappa shape index (κ3) is 4.03. The molecule has 0 unspecified atom stereocenters. The topological polar surface area (TPSA) is 95.7 Å². The molecule has 3 aromatic rings. The van der Waals surface area contributed by atoms with E-state index in [1.807, 2.05) is 13.0 Å². The Morgan fingerprint density at radius 1 is 1.04 bits per heavy atom. The number of carbonyl (C=O) groups excluding carboxylic acids is 1. The molecule has 6 nitrogen and oxygen atoms in total. The number of aryl methyl sites for hydroxylation is 1. The van der Waals surface area contributed by atoms with Crippen molar-refractivity contribution >= 4 is 26.8 Å². The first-order chi connectivity index (χ1) is 12.8. The molecule has 0 aliphatic heterocycles. The Morgan fingerprint density at radius 2 is 1.70 bits per heavy atom. The molecule has 0 heterocycles. The number of methoxy groups -OCH3 is 1. The van der Waals surface area contributed by atoms with E-state index in [1.165, 1.54) is 25.3 Å². The van der Waals surface area contributed by atoms with Crippen LogP contribution >= 0.6 is 0 Å². The number of hydrogen-bond acceptors (Lipinski definition) is 5.